The third-order valence-electron chi connectivity index (χ3n) is 5.80. The van der Waals surface area contributed by atoms with E-state index in [0.717, 1.165) is 44.7 Å². The Morgan fingerprint density at radius 1 is 0.967 bits per heavy atom. The van der Waals surface area contributed by atoms with Gasteiger partial charge in [-0.1, -0.05) is 6.07 Å². The molecule has 0 radical (unpaired) electrons. The highest BCUT2D eigenvalue weighted by molar-refractivity contribution is 5.99. The molecule has 2 aromatic rings. The van der Waals surface area contributed by atoms with E-state index in [1.54, 1.807) is 7.11 Å². The van der Waals surface area contributed by atoms with Crippen molar-refractivity contribution < 1.29 is 33.9 Å². The average molecular weight is 414 g/mol. The minimum Gasteiger partial charge on any atom is -0.501 e. The molecule has 0 saturated carbocycles. The minimum absolute atomic E-state index is 0.106. The van der Waals surface area contributed by atoms with Crippen LogP contribution in [-0.2, 0) is 40.3 Å². The summed E-state index contributed by atoms with van der Waals surface area (Å²) >= 11 is 0. The van der Waals surface area contributed by atoms with Crippen LogP contribution in [0.25, 0.3) is 10.8 Å². The molecular weight excluding hydrogens is 388 g/mol. The van der Waals surface area contributed by atoms with Gasteiger partial charge in [0.1, 0.15) is 36.9 Å². The highest BCUT2D eigenvalue weighted by Gasteiger charge is 2.31. The lowest BCUT2D eigenvalue weighted by molar-refractivity contribution is 0.251. The number of rotatable bonds is 9. The lowest BCUT2D eigenvalue weighted by Crippen LogP contribution is -2.15. The Kier molecular flexibility index (Phi) is 5.28. The highest BCUT2D eigenvalue weighted by Crippen LogP contribution is 2.46. The fourth-order valence-electron chi connectivity index (χ4n) is 4.04. The smallest absolute Gasteiger partial charge is 0.131 e. The Morgan fingerprint density at radius 2 is 1.67 bits per heavy atom. The maximum absolute atomic E-state index is 10.1. The van der Waals surface area contributed by atoms with Crippen molar-refractivity contribution in [2.24, 2.45) is 0 Å². The number of allylic oxidation sites excluding steroid dienone is 2. The number of aliphatic hydroxyl groups excluding tert-OH is 2. The summed E-state index contributed by atoms with van der Waals surface area (Å²) in [6.07, 6.45) is 3.53. The molecule has 7 nitrogen and oxygen atoms in total. The van der Waals surface area contributed by atoms with Gasteiger partial charge in [-0.3, -0.25) is 0 Å². The molecule has 2 N–H and O–H groups in total. The number of fused-ring (bicyclic) bond motifs is 2. The van der Waals surface area contributed by atoms with E-state index in [2.05, 4.69) is 6.08 Å². The van der Waals surface area contributed by atoms with Crippen molar-refractivity contribution in [1.82, 2.24) is 0 Å². The topological polar surface area (TPSA) is 93.2 Å². The molecule has 3 aliphatic rings. The molecule has 1 aliphatic carbocycles. The summed E-state index contributed by atoms with van der Waals surface area (Å²) in [6, 6.07) is 3.74. The van der Waals surface area contributed by atoms with E-state index in [4.69, 9.17) is 23.7 Å². The molecule has 2 atom stereocenters. The second kappa shape index (κ2) is 8.07. The van der Waals surface area contributed by atoms with Gasteiger partial charge in [0, 0.05) is 28.3 Å². The first-order chi connectivity index (χ1) is 14.7. The normalized spacial score (nSPS) is 21.8. The van der Waals surface area contributed by atoms with E-state index in [9.17, 15) is 10.2 Å². The molecule has 160 valence electrons. The number of epoxide rings is 2. The molecule has 2 heterocycles. The van der Waals surface area contributed by atoms with Crippen LogP contribution in [0.3, 0.4) is 0 Å². The molecule has 2 fully saturated rings. The molecule has 0 amide bonds. The van der Waals surface area contributed by atoms with Gasteiger partial charge in [-0.15, -0.1) is 0 Å². The summed E-state index contributed by atoms with van der Waals surface area (Å²) in [7, 11) is 1.67. The summed E-state index contributed by atoms with van der Waals surface area (Å²) in [6.45, 7) is 2.04. The predicted octanol–water partition coefficient (Wildman–Crippen LogP) is 2.01. The van der Waals surface area contributed by atoms with Gasteiger partial charge in [0.15, 0.2) is 0 Å². The van der Waals surface area contributed by atoms with Gasteiger partial charge in [-0.25, -0.2) is 0 Å². The maximum Gasteiger partial charge on any atom is 0.131 e. The van der Waals surface area contributed by atoms with Crippen LogP contribution in [-0.4, -0.2) is 56.0 Å². The Bertz CT molecular complexity index is 989. The third kappa shape index (κ3) is 3.74. The monoisotopic (exact) mass is 414 g/mol. The first-order valence-electron chi connectivity index (χ1n) is 10.3. The van der Waals surface area contributed by atoms with Crippen LogP contribution >= 0.6 is 0 Å². The van der Waals surface area contributed by atoms with E-state index in [0.29, 0.717) is 44.8 Å². The van der Waals surface area contributed by atoms with Gasteiger partial charge in [0.25, 0.3) is 0 Å². The first kappa shape index (κ1) is 19.6. The molecule has 0 aromatic heterocycles. The van der Waals surface area contributed by atoms with Crippen molar-refractivity contribution in [3.05, 3.63) is 46.2 Å². The van der Waals surface area contributed by atoms with Crippen molar-refractivity contribution in [2.75, 3.05) is 33.5 Å². The summed E-state index contributed by atoms with van der Waals surface area (Å²) in [5, 5.41) is 21.6. The average Bonchev–Trinajstić information content (AvgIpc) is 3.69. The first-order valence-corrected chi connectivity index (χ1v) is 10.3. The lowest BCUT2D eigenvalue weighted by Gasteiger charge is -2.26. The Balaban J connectivity index is 1.72. The van der Waals surface area contributed by atoms with Crippen LogP contribution in [0.2, 0.25) is 0 Å². The largest absolute Gasteiger partial charge is 0.501 e. The minimum atomic E-state index is -0.169. The van der Waals surface area contributed by atoms with Gasteiger partial charge in [0.05, 0.1) is 39.3 Å². The van der Waals surface area contributed by atoms with Crippen molar-refractivity contribution in [1.29, 1.82) is 0 Å². The number of ether oxygens (including phenoxy) is 5. The molecular formula is C23H26O7. The van der Waals surface area contributed by atoms with E-state index >= 15 is 0 Å². The zero-order chi connectivity index (χ0) is 20.7. The summed E-state index contributed by atoms with van der Waals surface area (Å²) in [5.74, 6) is 2.38. The van der Waals surface area contributed by atoms with Crippen molar-refractivity contribution >= 4 is 10.8 Å². The second-order valence-electron chi connectivity index (χ2n) is 7.90. The fourth-order valence-corrected chi connectivity index (χ4v) is 4.04. The molecule has 30 heavy (non-hydrogen) atoms. The third-order valence-corrected chi connectivity index (χ3v) is 5.80. The summed E-state index contributed by atoms with van der Waals surface area (Å²) < 4.78 is 28.7. The zero-order valence-corrected chi connectivity index (χ0v) is 17.0. The van der Waals surface area contributed by atoms with Crippen LogP contribution in [0.4, 0.5) is 0 Å². The van der Waals surface area contributed by atoms with Gasteiger partial charge in [-0.05, 0) is 29.7 Å². The van der Waals surface area contributed by atoms with E-state index in [-0.39, 0.29) is 25.4 Å². The molecule has 0 bridgehead atoms. The molecule has 5 rings (SSSR count). The zero-order valence-electron chi connectivity index (χ0n) is 17.0. The molecule has 2 saturated heterocycles. The fraction of sp³-hybridized carbons (Fsp3) is 0.478. The van der Waals surface area contributed by atoms with Crippen molar-refractivity contribution in [3.63, 3.8) is 0 Å². The van der Waals surface area contributed by atoms with E-state index in [1.165, 1.54) is 0 Å². The maximum atomic E-state index is 10.1. The van der Waals surface area contributed by atoms with E-state index < -0.39 is 0 Å². The molecule has 7 heteroatoms. The van der Waals surface area contributed by atoms with Gasteiger partial charge < -0.3 is 33.9 Å². The quantitative estimate of drug-likeness (QED) is 0.607. The number of benzene rings is 2. The Labute approximate surface area is 174 Å². The van der Waals surface area contributed by atoms with Crippen molar-refractivity contribution in [2.45, 2.75) is 38.3 Å². The molecule has 2 unspecified atom stereocenters. The molecule has 2 aromatic carbocycles. The highest BCUT2D eigenvalue weighted by atomic mass is 16.6. The molecule has 2 aliphatic heterocycles. The van der Waals surface area contributed by atoms with Crippen LogP contribution in [0.1, 0.15) is 22.3 Å². The standard InChI is InChI=1S/C23H26O7/c1-26-15-2-3-18-19(6-15)23(30-12-17-10-28-17)21-14(8-25)4-13(7-24)5-20(21)22(18)29-11-16-9-27-16/h2,4-5,16-17,24-25H,3,6-12H2,1H3. The van der Waals surface area contributed by atoms with E-state index in [1.807, 2.05) is 12.1 Å². The number of aliphatic hydroxyl groups is 2. The second-order valence-corrected chi connectivity index (χ2v) is 7.90. The van der Waals surface area contributed by atoms with Crippen LogP contribution in [0, 0.1) is 0 Å². The van der Waals surface area contributed by atoms with Crippen LogP contribution < -0.4 is 9.47 Å². The number of methoxy groups -OCH3 is 1. The lowest BCUT2D eigenvalue weighted by atomic mass is 9.87. The van der Waals surface area contributed by atoms with Gasteiger partial charge in [-0.2, -0.15) is 0 Å². The van der Waals surface area contributed by atoms with Gasteiger partial charge in [0.2, 0.25) is 0 Å². The summed E-state index contributed by atoms with van der Waals surface area (Å²) in [4.78, 5) is 0. The van der Waals surface area contributed by atoms with Crippen molar-refractivity contribution in [3.8, 4) is 11.5 Å². The summed E-state index contributed by atoms with van der Waals surface area (Å²) in [5.41, 5.74) is 3.49. The van der Waals surface area contributed by atoms with Gasteiger partial charge >= 0.3 is 0 Å². The molecule has 0 spiro atoms. The number of hydrogen-bond acceptors (Lipinski definition) is 7. The Morgan fingerprint density at radius 3 is 2.27 bits per heavy atom. The van der Waals surface area contributed by atoms with Crippen LogP contribution in [0.5, 0.6) is 11.5 Å². The number of hydrogen-bond donors (Lipinski definition) is 2. The Hall–Kier alpha value is -2.32. The predicted molar refractivity (Wildman–Crippen MR) is 109 cm³/mol. The van der Waals surface area contributed by atoms with Crippen LogP contribution in [0.15, 0.2) is 24.0 Å². The SMILES string of the molecule is COC1=CCc2c(c(OCC3CO3)c3c(CO)cc(CO)cc3c2OCC2CO2)C1.